The summed E-state index contributed by atoms with van der Waals surface area (Å²) in [6.45, 7) is 4.92. The summed E-state index contributed by atoms with van der Waals surface area (Å²) >= 11 is 6.11. The molecule has 154 valence electrons. The van der Waals surface area contributed by atoms with Crippen LogP contribution in [0.5, 0.6) is 5.75 Å². The summed E-state index contributed by atoms with van der Waals surface area (Å²) in [7, 11) is 0. The minimum atomic E-state index is -1.02. The Morgan fingerprint density at radius 1 is 1.10 bits per heavy atom. The molecule has 1 aliphatic rings. The van der Waals surface area contributed by atoms with Crippen LogP contribution in [0.15, 0.2) is 48.5 Å². The van der Waals surface area contributed by atoms with Gasteiger partial charge in [0.15, 0.2) is 6.61 Å². The summed E-state index contributed by atoms with van der Waals surface area (Å²) in [6.07, 6.45) is 0. The molecule has 6 nitrogen and oxygen atoms in total. The van der Waals surface area contributed by atoms with Gasteiger partial charge in [-0.15, -0.1) is 0 Å². The number of hydrogen-bond donors (Lipinski definition) is 1. The number of nitrogens with zero attached hydrogens (tertiary/aromatic N) is 2. The minimum Gasteiger partial charge on any atom is -0.482 e. The van der Waals surface area contributed by atoms with Crippen molar-refractivity contribution in [2.75, 3.05) is 32.8 Å². The lowest BCUT2D eigenvalue weighted by atomic mass is 9.99. The van der Waals surface area contributed by atoms with Crippen molar-refractivity contribution < 1.29 is 19.4 Å². The number of carboxylic acid groups (broad SMARTS) is 1. The molecule has 2 aromatic carbocycles. The lowest BCUT2D eigenvalue weighted by molar-refractivity contribution is -0.139. The zero-order valence-electron chi connectivity index (χ0n) is 16.4. The second-order valence-corrected chi connectivity index (χ2v) is 7.60. The molecule has 0 bridgehead atoms. The predicted molar refractivity (Wildman–Crippen MR) is 111 cm³/mol. The summed E-state index contributed by atoms with van der Waals surface area (Å²) in [4.78, 5) is 27.8. The number of halogens is 1. The van der Waals surface area contributed by atoms with Gasteiger partial charge in [-0.1, -0.05) is 41.9 Å². The number of benzene rings is 2. The average molecular weight is 417 g/mol. The first-order valence-corrected chi connectivity index (χ1v) is 10.0. The normalized spacial score (nSPS) is 15.7. The van der Waals surface area contributed by atoms with Crippen LogP contribution in [0.4, 0.5) is 0 Å². The van der Waals surface area contributed by atoms with Crippen molar-refractivity contribution in [3.05, 3.63) is 64.7 Å². The highest BCUT2D eigenvalue weighted by molar-refractivity contribution is 6.30. The quantitative estimate of drug-likeness (QED) is 0.750. The molecule has 1 saturated heterocycles. The Bertz CT molecular complexity index is 851. The zero-order valence-corrected chi connectivity index (χ0v) is 17.1. The summed E-state index contributed by atoms with van der Waals surface area (Å²) in [5.41, 5.74) is 1.87. The lowest BCUT2D eigenvalue weighted by Gasteiger charge is -2.36. The number of carbonyl (C=O) groups is 2. The molecule has 0 saturated carbocycles. The standard InChI is InChI=1S/C22H25ClN2O4/c1-16(17-5-3-2-4-6-17)22(28)25-11-9-24(10-12-25)14-18-13-19(23)7-8-20(18)29-15-21(26)27/h2-8,13,16H,9-12,14-15H2,1H3,(H,26,27). The van der Waals surface area contributed by atoms with Gasteiger partial charge in [0, 0.05) is 43.3 Å². The van der Waals surface area contributed by atoms with E-state index in [2.05, 4.69) is 4.90 Å². The van der Waals surface area contributed by atoms with E-state index in [9.17, 15) is 9.59 Å². The molecular weight excluding hydrogens is 392 g/mol. The van der Waals surface area contributed by atoms with Crippen molar-refractivity contribution in [2.24, 2.45) is 0 Å². The molecule has 1 N–H and O–H groups in total. The van der Waals surface area contributed by atoms with Crippen molar-refractivity contribution in [3.8, 4) is 5.75 Å². The smallest absolute Gasteiger partial charge is 0.341 e. The summed E-state index contributed by atoms with van der Waals surface area (Å²) in [5, 5.41) is 9.43. The van der Waals surface area contributed by atoms with Crippen LogP contribution >= 0.6 is 11.6 Å². The van der Waals surface area contributed by atoms with Gasteiger partial charge >= 0.3 is 5.97 Å². The van der Waals surface area contributed by atoms with Gasteiger partial charge in [0.25, 0.3) is 0 Å². The Hall–Kier alpha value is -2.57. The first-order chi connectivity index (χ1) is 13.9. The van der Waals surface area contributed by atoms with Crippen LogP contribution < -0.4 is 4.74 Å². The zero-order chi connectivity index (χ0) is 20.8. The van der Waals surface area contributed by atoms with E-state index in [1.165, 1.54) is 0 Å². The molecule has 0 aliphatic carbocycles. The number of carbonyl (C=O) groups excluding carboxylic acids is 1. The Morgan fingerprint density at radius 2 is 1.79 bits per heavy atom. The third-order valence-corrected chi connectivity index (χ3v) is 5.36. The number of amides is 1. The van der Waals surface area contributed by atoms with Gasteiger partial charge in [0.2, 0.25) is 5.91 Å². The van der Waals surface area contributed by atoms with Gasteiger partial charge in [-0.3, -0.25) is 9.69 Å². The molecule has 0 aromatic heterocycles. The van der Waals surface area contributed by atoms with Crippen molar-refractivity contribution in [1.82, 2.24) is 9.80 Å². The molecule has 1 atom stereocenters. The molecule has 3 rings (SSSR count). The Labute approximate surface area is 175 Å². The van der Waals surface area contributed by atoms with E-state index in [4.69, 9.17) is 21.4 Å². The van der Waals surface area contributed by atoms with Crippen LogP contribution in [0.25, 0.3) is 0 Å². The van der Waals surface area contributed by atoms with Crippen LogP contribution in [0.3, 0.4) is 0 Å². The highest BCUT2D eigenvalue weighted by Crippen LogP contribution is 2.25. The molecule has 1 unspecified atom stereocenters. The van der Waals surface area contributed by atoms with Crippen molar-refractivity contribution >= 4 is 23.5 Å². The van der Waals surface area contributed by atoms with E-state index in [0.717, 1.165) is 24.2 Å². The molecular formula is C22H25ClN2O4. The van der Waals surface area contributed by atoms with E-state index >= 15 is 0 Å². The number of piperazine rings is 1. The molecule has 29 heavy (non-hydrogen) atoms. The van der Waals surface area contributed by atoms with Crippen molar-refractivity contribution in [3.63, 3.8) is 0 Å². The lowest BCUT2D eigenvalue weighted by Crippen LogP contribution is -2.49. The Balaban J connectivity index is 1.58. The maximum atomic E-state index is 12.8. The van der Waals surface area contributed by atoms with Crippen LogP contribution in [0.2, 0.25) is 5.02 Å². The maximum Gasteiger partial charge on any atom is 0.341 e. The second-order valence-electron chi connectivity index (χ2n) is 7.17. The predicted octanol–water partition coefficient (Wildman–Crippen LogP) is 3.25. The fourth-order valence-corrected chi connectivity index (χ4v) is 3.67. The van der Waals surface area contributed by atoms with Gasteiger partial charge in [-0.25, -0.2) is 4.79 Å². The molecule has 1 heterocycles. The van der Waals surface area contributed by atoms with Crippen LogP contribution in [0, 0.1) is 0 Å². The molecule has 0 radical (unpaired) electrons. The van der Waals surface area contributed by atoms with E-state index < -0.39 is 12.6 Å². The number of hydrogen-bond acceptors (Lipinski definition) is 4. The van der Waals surface area contributed by atoms with Crippen molar-refractivity contribution in [2.45, 2.75) is 19.4 Å². The fraction of sp³-hybridized carbons (Fsp3) is 0.364. The van der Waals surface area contributed by atoms with Crippen LogP contribution in [-0.2, 0) is 16.1 Å². The summed E-state index contributed by atoms with van der Waals surface area (Å²) < 4.78 is 5.39. The minimum absolute atomic E-state index is 0.143. The Kier molecular flexibility index (Phi) is 7.12. The van der Waals surface area contributed by atoms with Crippen molar-refractivity contribution in [1.29, 1.82) is 0 Å². The van der Waals surface area contributed by atoms with Gasteiger partial charge in [0.1, 0.15) is 5.75 Å². The first-order valence-electron chi connectivity index (χ1n) is 9.63. The van der Waals surface area contributed by atoms with Gasteiger partial charge < -0.3 is 14.7 Å². The number of aliphatic carboxylic acids is 1. The maximum absolute atomic E-state index is 12.8. The van der Waals surface area contributed by atoms with E-state index in [-0.39, 0.29) is 11.8 Å². The number of rotatable bonds is 7. The average Bonchev–Trinajstić information content (AvgIpc) is 2.73. The van der Waals surface area contributed by atoms with E-state index in [1.807, 2.05) is 42.2 Å². The van der Waals surface area contributed by atoms with Gasteiger partial charge in [0.05, 0.1) is 5.92 Å². The van der Waals surface area contributed by atoms with Gasteiger partial charge in [-0.2, -0.15) is 0 Å². The SMILES string of the molecule is CC(C(=O)N1CCN(Cc2cc(Cl)ccc2OCC(=O)O)CC1)c1ccccc1. The summed E-state index contributed by atoms with van der Waals surface area (Å²) in [6, 6.07) is 15.0. The van der Waals surface area contributed by atoms with Crippen LogP contribution in [0.1, 0.15) is 24.0 Å². The second kappa shape index (κ2) is 9.76. The molecule has 1 amide bonds. The molecule has 1 fully saturated rings. The number of carboxylic acids is 1. The number of ether oxygens (including phenoxy) is 1. The monoisotopic (exact) mass is 416 g/mol. The molecule has 1 aliphatic heterocycles. The van der Waals surface area contributed by atoms with Gasteiger partial charge in [-0.05, 0) is 30.7 Å². The highest BCUT2D eigenvalue weighted by atomic mass is 35.5. The summed E-state index contributed by atoms with van der Waals surface area (Å²) in [5.74, 6) is -0.519. The fourth-order valence-electron chi connectivity index (χ4n) is 3.48. The molecule has 2 aromatic rings. The third kappa shape index (κ3) is 5.71. The third-order valence-electron chi connectivity index (χ3n) is 5.12. The van der Waals surface area contributed by atoms with Crippen LogP contribution in [-0.4, -0.2) is 59.6 Å². The Morgan fingerprint density at radius 3 is 2.45 bits per heavy atom. The van der Waals surface area contributed by atoms with E-state index in [0.29, 0.717) is 30.4 Å². The molecule has 0 spiro atoms. The topological polar surface area (TPSA) is 70.1 Å². The largest absolute Gasteiger partial charge is 0.482 e. The molecule has 7 heteroatoms. The highest BCUT2D eigenvalue weighted by Gasteiger charge is 2.26. The van der Waals surface area contributed by atoms with E-state index in [1.54, 1.807) is 18.2 Å². The first kappa shape index (κ1) is 21.1.